The van der Waals surface area contributed by atoms with E-state index in [1.807, 2.05) is 43.7 Å². The molecule has 8 heteroatoms. The molecule has 0 unspecified atom stereocenters. The van der Waals surface area contributed by atoms with Crippen LogP contribution in [0.4, 0.5) is 5.69 Å². The first kappa shape index (κ1) is 18.8. The van der Waals surface area contributed by atoms with Crippen molar-refractivity contribution in [2.45, 2.75) is 47.6 Å². The molecular weight excluding hydrogens is 342 g/mol. The lowest BCUT2D eigenvalue weighted by Gasteiger charge is -2.10. The highest BCUT2D eigenvalue weighted by Gasteiger charge is 2.16. The van der Waals surface area contributed by atoms with Gasteiger partial charge in [-0.15, -0.1) is 5.10 Å². The Balaban J connectivity index is 1.71. The number of carbonyl (C=O) groups excluding carboxylic acids is 1. The van der Waals surface area contributed by atoms with Gasteiger partial charge in [0.2, 0.25) is 5.91 Å². The van der Waals surface area contributed by atoms with E-state index >= 15 is 0 Å². The lowest BCUT2D eigenvalue weighted by atomic mass is 10.1. The van der Waals surface area contributed by atoms with Crippen molar-refractivity contribution in [3.05, 3.63) is 47.0 Å². The molecule has 27 heavy (non-hydrogen) atoms. The standard InChI is InChI=1S/C19H25N7O/c1-12(2)10-25-15(5)17(14(4)22-25)9-19(27)21-16-6-7-18(13(3)8-16)26-11-20-23-24-26/h6-8,11-12H,9-10H2,1-5H3,(H,21,27). The minimum atomic E-state index is -0.0557. The summed E-state index contributed by atoms with van der Waals surface area (Å²) in [7, 11) is 0. The van der Waals surface area contributed by atoms with E-state index in [1.54, 1.807) is 11.0 Å². The van der Waals surface area contributed by atoms with Gasteiger partial charge < -0.3 is 5.32 Å². The molecule has 0 radical (unpaired) electrons. The molecule has 0 atom stereocenters. The molecule has 1 aromatic carbocycles. The van der Waals surface area contributed by atoms with Crippen molar-refractivity contribution >= 4 is 11.6 Å². The normalized spacial score (nSPS) is 11.2. The third-order valence-corrected chi connectivity index (χ3v) is 4.48. The summed E-state index contributed by atoms with van der Waals surface area (Å²) in [6.07, 6.45) is 1.85. The van der Waals surface area contributed by atoms with Gasteiger partial charge in [0.05, 0.1) is 17.8 Å². The van der Waals surface area contributed by atoms with Gasteiger partial charge in [-0.1, -0.05) is 13.8 Å². The number of rotatable bonds is 6. The van der Waals surface area contributed by atoms with Crippen LogP contribution in [-0.2, 0) is 17.8 Å². The van der Waals surface area contributed by atoms with Gasteiger partial charge in [-0.2, -0.15) is 5.10 Å². The Kier molecular flexibility index (Phi) is 5.34. The van der Waals surface area contributed by atoms with E-state index in [-0.39, 0.29) is 5.91 Å². The molecule has 3 rings (SSSR count). The summed E-state index contributed by atoms with van der Waals surface area (Å²) in [6, 6.07) is 5.65. The van der Waals surface area contributed by atoms with E-state index in [0.717, 1.165) is 40.4 Å². The molecule has 2 aromatic heterocycles. The quantitative estimate of drug-likeness (QED) is 0.723. The average molecular weight is 367 g/mol. The summed E-state index contributed by atoms with van der Waals surface area (Å²) in [5.41, 5.74) is 5.56. The zero-order chi connectivity index (χ0) is 19.6. The minimum Gasteiger partial charge on any atom is -0.326 e. The molecule has 1 amide bonds. The topological polar surface area (TPSA) is 90.5 Å². The van der Waals surface area contributed by atoms with Crippen molar-refractivity contribution in [1.29, 1.82) is 0 Å². The van der Waals surface area contributed by atoms with Crippen molar-refractivity contribution in [2.24, 2.45) is 5.92 Å². The van der Waals surface area contributed by atoms with Crippen LogP contribution in [-0.4, -0.2) is 35.9 Å². The zero-order valence-corrected chi connectivity index (χ0v) is 16.4. The number of benzene rings is 1. The van der Waals surface area contributed by atoms with Crippen LogP contribution in [0.5, 0.6) is 0 Å². The molecular formula is C19H25N7O. The number of anilines is 1. The Labute approximate surface area is 158 Å². The molecule has 0 aliphatic carbocycles. The molecule has 1 N–H and O–H groups in total. The number of hydrogen-bond donors (Lipinski definition) is 1. The maximum absolute atomic E-state index is 12.6. The molecule has 0 aliphatic heterocycles. The Morgan fingerprint density at radius 1 is 1.22 bits per heavy atom. The third-order valence-electron chi connectivity index (χ3n) is 4.48. The van der Waals surface area contributed by atoms with Gasteiger partial charge in [-0.25, -0.2) is 4.68 Å². The molecule has 0 spiro atoms. The summed E-state index contributed by atoms with van der Waals surface area (Å²) in [6.45, 7) is 11.1. The van der Waals surface area contributed by atoms with E-state index in [4.69, 9.17) is 0 Å². The molecule has 142 valence electrons. The highest BCUT2D eigenvalue weighted by molar-refractivity contribution is 5.92. The zero-order valence-electron chi connectivity index (χ0n) is 16.4. The van der Waals surface area contributed by atoms with Crippen LogP contribution in [0.3, 0.4) is 0 Å². The molecule has 0 saturated heterocycles. The Bertz CT molecular complexity index is 941. The van der Waals surface area contributed by atoms with Crippen LogP contribution in [0, 0.1) is 26.7 Å². The number of aromatic nitrogens is 6. The van der Waals surface area contributed by atoms with Crippen molar-refractivity contribution in [3.8, 4) is 5.69 Å². The predicted octanol–water partition coefficient (Wildman–Crippen LogP) is 2.62. The maximum Gasteiger partial charge on any atom is 0.228 e. The lowest BCUT2D eigenvalue weighted by Crippen LogP contribution is -2.16. The average Bonchev–Trinajstić information content (AvgIpc) is 3.19. The Hall–Kier alpha value is -3.03. The maximum atomic E-state index is 12.6. The van der Waals surface area contributed by atoms with Gasteiger partial charge in [-0.05, 0) is 60.9 Å². The SMILES string of the molecule is Cc1cc(NC(=O)Cc2c(C)nn(CC(C)C)c2C)ccc1-n1cnnn1. The van der Waals surface area contributed by atoms with Gasteiger partial charge >= 0.3 is 0 Å². The number of nitrogens with one attached hydrogen (secondary N) is 1. The van der Waals surface area contributed by atoms with Crippen LogP contribution in [0.1, 0.15) is 36.4 Å². The van der Waals surface area contributed by atoms with Crippen LogP contribution >= 0.6 is 0 Å². The number of aryl methyl sites for hydroxylation is 2. The van der Waals surface area contributed by atoms with Gasteiger partial charge in [0.1, 0.15) is 6.33 Å². The molecule has 0 fully saturated rings. The fourth-order valence-corrected chi connectivity index (χ4v) is 3.14. The van der Waals surface area contributed by atoms with E-state index in [2.05, 4.69) is 39.8 Å². The predicted molar refractivity (Wildman–Crippen MR) is 103 cm³/mol. The van der Waals surface area contributed by atoms with Crippen molar-refractivity contribution < 1.29 is 4.79 Å². The molecule has 0 aliphatic rings. The van der Waals surface area contributed by atoms with Crippen molar-refractivity contribution in [2.75, 3.05) is 5.32 Å². The largest absolute Gasteiger partial charge is 0.326 e. The minimum absolute atomic E-state index is 0.0557. The Morgan fingerprint density at radius 3 is 2.63 bits per heavy atom. The molecule has 8 nitrogen and oxygen atoms in total. The highest BCUT2D eigenvalue weighted by Crippen LogP contribution is 2.19. The van der Waals surface area contributed by atoms with Crippen LogP contribution in [0.25, 0.3) is 5.69 Å². The Morgan fingerprint density at radius 2 is 2.00 bits per heavy atom. The van der Waals surface area contributed by atoms with Gasteiger partial charge in [0.15, 0.2) is 0 Å². The lowest BCUT2D eigenvalue weighted by molar-refractivity contribution is -0.115. The molecule has 0 bridgehead atoms. The number of nitrogens with zero attached hydrogens (tertiary/aromatic N) is 6. The molecule has 3 aromatic rings. The first-order valence-electron chi connectivity index (χ1n) is 9.02. The fourth-order valence-electron chi connectivity index (χ4n) is 3.14. The van der Waals surface area contributed by atoms with E-state index in [1.165, 1.54) is 0 Å². The summed E-state index contributed by atoms with van der Waals surface area (Å²) >= 11 is 0. The van der Waals surface area contributed by atoms with E-state index in [9.17, 15) is 4.79 Å². The summed E-state index contributed by atoms with van der Waals surface area (Å²) in [5.74, 6) is 0.450. The van der Waals surface area contributed by atoms with E-state index < -0.39 is 0 Å². The second-order valence-electron chi connectivity index (χ2n) is 7.21. The van der Waals surface area contributed by atoms with Gasteiger partial charge in [0, 0.05) is 23.5 Å². The molecule has 0 saturated carbocycles. The fraction of sp³-hybridized carbons (Fsp3) is 0.421. The first-order valence-corrected chi connectivity index (χ1v) is 9.02. The first-order chi connectivity index (χ1) is 12.8. The summed E-state index contributed by atoms with van der Waals surface area (Å²) < 4.78 is 3.59. The van der Waals surface area contributed by atoms with Crippen molar-refractivity contribution in [1.82, 2.24) is 30.0 Å². The van der Waals surface area contributed by atoms with Crippen LogP contribution in [0.2, 0.25) is 0 Å². The smallest absolute Gasteiger partial charge is 0.228 e. The molecule has 2 heterocycles. The van der Waals surface area contributed by atoms with E-state index in [0.29, 0.717) is 12.3 Å². The summed E-state index contributed by atoms with van der Waals surface area (Å²) in [5, 5.41) is 18.7. The second-order valence-corrected chi connectivity index (χ2v) is 7.21. The third kappa shape index (κ3) is 4.21. The number of amides is 1. The monoisotopic (exact) mass is 367 g/mol. The number of carbonyl (C=O) groups is 1. The van der Waals surface area contributed by atoms with Gasteiger partial charge in [0.25, 0.3) is 0 Å². The van der Waals surface area contributed by atoms with Crippen LogP contribution in [0.15, 0.2) is 24.5 Å². The second kappa shape index (κ2) is 7.69. The number of hydrogen-bond acceptors (Lipinski definition) is 5. The van der Waals surface area contributed by atoms with Gasteiger partial charge in [-0.3, -0.25) is 9.48 Å². The van der Waals surface area contributed by atoms with Crippen molar-refractivity contribution in [3.63, 3.8) is 0 Å². The summed E-state index contributed by atoms with van der Waals surface area (Å²) in [4.78, 5) is 12.6. The van der Waals surface area contributed by atoms with Crippen LogP contribution < -0.4 is 5.32 Å². The highest BCUT2D eigenvalue weighted by atomic mass is 16.1. The number of tetrazole rings is 1.